The Morgan fingerprint density at radius 3 is 2.59 bits per heavy atom. The van der Waals surface area contributed by atoms with E-state index >= 15 is 0 Å². The lowest BCUT2D eigenvalue weighted by atomic mass is 9.94. The van der Waals surface area contributed by atoms with Gasteiger partial charge in [-0.2, -0.15) is 0 Å². The molecule has 0 fully saturated rings. The third-order valence-electron chi connectivity index (χ3n) is 3.17. The summed E-state index contributed by atoms with van der Waals surface area (Å²) in [7, 11) is 3.58. The second kappa shape index (κ2) is 4.45. The molecular weight excluding hydrogens is 218 g/mol. The number of benzene rings is 1. The molecule has 0 amide bonds. The van der Waals surface area contributed by atoms with Crippen molar-refractivity contribution in [2.45, 2.75) is 19.4 Å². The van der Waals surface area contributed by atoms with E-state index < -0.39 is 0 Å². The average molecular weight is 237 g/mol. The number of nitrogens with one attached hydrogen (secondary N) is 1. The van der Waals surface area contributed by atoms with Crippen LogP contribution in [0.25, 0.3) is 0 Å². The molecule has 0 saturated carbocycles. The van der Waals surface area contributed by atoms with Gasteiger partial charge in [0.1, 0.15) is 13.2 Å². The molecule has 0 spiro atoms. The number of methoxy groups -OCH3 is 1. The fourth-order valence-electron chi connectivity index (χ4n) is 1.78. The number of ether oxygens (including phenoxy) is 3. The van der Waals surface area contributed by atoms with Gasteiger partial charge in [-0.25, -0.2) is 0 Å². The highest BCUT2D eigenvalue weighted by atomic mass is 16.6. The Balaban J connectivity index is 2.50. The molecule has 2 rings (SSSR count). The van der Waals surface area contributed by atoms with Crippen LogP contribution >= 0.6 is 0 Å². The lowest BCUT2D eigenvalue weighted by molar-refractivity contribution is 0.164. The molecule has 1 aliphatic rings. The summed E-state index contributed by atoms with van der Waals surface area (Å²) in [6.07, 6.45) is 0. The average Bonchev–Trinajstić information content (AvgIpc) is 2.37. The summed E-state index contributed by atoms with van der Waals surface area (Å²) < 4.78 is 16.5. The largest absolute Gasteiger partial charge is 0.493 e. The molecule has 0 aromatic heterocycles. The molecule has 17 heavy (non-hydrogen) atoms. The van der Waals surface area contributed by atoms with Gasteiger partial charge < -0.3 is 19.5 Å². The van der Waals surface area contributed by atoms with E-state index in [4.69, 9.17) is 14.2 Å². The van der Waals surface area contributed by atoms with Crippen molar-refractivity contribution in [2.75, 3.05) is 27.4 Å². The summed E-state index contributed by atoms with van der Waals surface area (Å²) in [5, 5.41) is 3.26. The third kappa shape index (κ3) is 2.17. The first kappa shape index (κ1) is 12.0. The SMILES string of the molecule is CNC(C)(C)c1cc(OC)c2c(c1)OCCO2. The number of rotatable bonds is 3. The first-order valence-corrected chi connectivity index (χ1v) is 5.75. The zero-order chi connectivity index (χ0) is 12.5. The maximum Gasteiger partial charge on any atom is 0.203 e. The summed E-state index contributed by atoms with van der Waals surface area (Å²) in [4.78, 5) is 0. The van der Waals surface area contributed by atoms with E-state index in [1.165, 1.54) is 0 Å². The van der Waals surface area contributed by atoms with E-state index in [1.807, 2.05) is 19.2 Å². The summed E-state index contributed by atoms with van der Waals surface area (Å²) in [5.74, 6) is 2.18. The Kier molecular flexibility index (Phi) is 3.15. The maximum atomic E-state index is 5.61. The van der Waals surface area contributed by atoms with Gasteiger partial charge in [-0.15, -0.1) is 0 Å². The highest BCUT2D eigenvalue weighted by molar-refractivity contribution is 5.55. The zero-order valence-corrected chi connectivity index (χ0v) is 10.8. The van der Waals surface area contributed by atoms with Crippen LogP contribution in [0.5, 0.6) is 17.2 Å². The molecule has 4 nitrogen and oxygen atoms in total. The first-order chi connectivity index (χ1) is 8.08. The number of fused-ring (bicyclic) bond motifs is 1. The highest BCUT2D eigenvalue weighted by Gasteiger charge is 2.24. The minimum atomic E-state index is -0.136. The van der Waals surface area contributed by atoms with Crippen molar-refractivity contribution in [2.24, 2.45) is 0 Å². The van der Waals surface area contributed by atoms with E-state index in [0.717, 1.165) is 17.1 Å². The lowest BCUT2D eigenvalue weighted by Gasteiger charge is -2.28. The van der Waals surface area contributed by atoms with Crippen LogP contribution in [0, 0.1) is 0 Å². The Morgan fingerprint density at radius 1 is 1.24 bits per heavy atom. The van der Waals surface area contributed by atoms with Gasteiger partial charge in [-0.3, -0.25) is 0 Å². The van der Waals surface area contributed by atoms with Crippen LogP contribution in [-0.4, -0.2) is 27.4 Å². The smallest absolute Gasteiger partial charge is 0.203 e. The molecule has 1 aromatic carbocycles. The molecule has 0 bridgehead atoms. The minimum absolute atomic E-state index is 0.136. The highest BCUT2D eigenvalue weighted by Crippen LogP contribution is 2.42. The van der Waals surface area contributed by atoms with Crippen LogP contribution in [0.2, 0.25) is 0 Å². The van der Waals surface area contributed by atoms with Crippen LogP contribution in [0.3, 0.4) is 0 Å². The first-order valence-electron chi connectivity index (χ1n) is 5.75. The molecule has 4 heteroatoms. The summed E-state index contributed by atoms with van der Waals surface area (Å²) >= 11 is 0. The maximum absolute atomic E-state index is 5.61. The number of hydrogen-bond acceptors (Lipinski definition) is 4. The molecule has 0 unspecified atom stereocenters. The van der Waals surface area contributed by atoms with Crippen molar-refractivity contribution < 1.29 is 14.2 Å². The molecule has 94 valence electrons. The molecule has 0 radical (unpaired) electrons. The van der Waals surface area contributed by atoms with Crippen molar-refractivity contribution in [3.63, 3.8) is 0 Å². The second-order valence-electron chi connectivity index (χ2n) is 4.58. The van der Waals surface area contributed by atoms with Gasteiger partial charge in [0.25, 0.3) is 0 Å². The Hall–Kier alpha value is -1.42. The van der Waals surface area contributed by atoms with Crippen molar-refractivity contribution in [1.29, 1.82) is 0 Å². The predicted molar refractivity (Wildman–Crippen MR) is 66.1 cm³/mol. The normalized spacial score (nSPS) is 14.6. The van der Waals surface area contributed by atoms with E-state index in [-0.39, 0.29) is 5.54 Å². The predicted octanol–water partition coefficient (Wildman–Crippen LogP) is 1.92. The lowest BCUT2D eigenvalue weighted by Crippen LogP contribution is -2.33. The van der Waals surface area contributed by atoms with Crippen molar-refractivity contribution in [1.82, 2.24) is 5.32 Å². The third-order valence-corrected chi connectivity index (χ3v) is 3.17. The van der Waals surface area contributed by atoms with Crippen LogP contribution in [0.15, 0.2) is 12.1 Å². The van der Waals surface area contributed by atoms with Gasteiger partial charge in [-0.1, -0.05) is 0 Å². The van der Waals surface area contributed by atoms with Gasteiger partial charge in [0.05, 0.1) is 7.11 Å². The molecule has 1 N–H and O–H groups in total. The van der Waals surface area contributed by atoms with Crippen molar-refractivity contribution in [3.8, 4) is 17.2 Å². The zero-order valence-electron chi connectivity index (χ0n) is 10.8. The summed E-state index contributed by atoms with van der Waals surface area (Å²) in [5.41, 5.74) is 0.976. The van der Waals surface area contributed by atoms with Crippen molar-refractivity contribution in [3.05, 3.63) is 17.7 Å². The van der Waals surface area contributed by atoms with Crippen molar-refractivity contribution >= 4 is 0 Å². The van der Waals surface area contributed by atoms with Crippen LogP contribution in [0.1, 0.15) is 19.4 Å². The standard InChI is InChI=1S/C13H19NO3/c1-13(2,14-3)9-7-10(15-4)12-11(8-9)16-5-6-17-12/h7-8,14H,5-6H2,1-4H3. The van der Waals surface area contributed by atoms with E-state index in [1.54, 1.807) is 7.11 Å². The monoisotopic (exact) mass is 237 g/mol. The molecule has 0 aliphatic carbocycles. The van der Waals surface area contributed by atoms with Gasteiger partial charge in [0, 0.05) is 5.54 Å². The second-order valence-corrected chi connectivity index (χ2v) is 4.58. The van der Waals surface area contributed by atoms with E-state index in [2.05, 4.69) is 19.2 Å². The molecule has 1 aromatic rings. The fraction of sp³-hybridized carbons (Fsp3) is 0.538. The van der Waals surface area contributed by atoms with Gasteiger partial charge in [-0.05, 0) is 38.6 Å². The molecule has 0 saturated heterocycles. The van der Waals surface area contributed by atoms with Crippen LogP contribution in [0.4, 0.5) is 0 Å². The summed E-state index contributed by atoms with van der Waals surface area (Å²) in [6, 6.07) is 4.00. The Bertz CT molecular complexity index is 398. The van der Waals surface area contributed by atoms with Crippen LogP contribution in [-0.2, 0) is 5.54 Å². The van der Waals surface area contributed by atoms with Gasteiger partial charge >= 0.3 is 0 Å². The molecule has 0 atom stereocenters. The van der Waals surface area contributed by atoms with Gasteiger partial charge in [0.2, 0.25) is 5.75 Å². The Morgan fingerprint density at radius 2 is 1.94 bits per heavy atom. The quantitative estimate of drug-likeness (QED) is 0.872. The Labute approximate surface area is 102 Å². The minimum Gasteiger partial charge on any atom is -0.493 e. The van der Waals surface area contributed by atoms with E-state index in [0.29, 0.717) is 19.0 Å². The van der Waals surface area contributed by atoms with Gasteiger partial charge in [0.15, 0.2) is 11.5 Å². The molecular formula is C13H19NO3. The van der Waals surface area contributed by atoms with Crippen LogP contribution < -0.4 is 19.5 Å². The van der Waals surface area contributed by atoms with E-state index in [9.17, 15) is 0 Å². The summed E-state index contributed by atoms with van der Waals surface area (Å²) in [6.45, 7) is 5.37. The molecule has 1 aliphatic heterocycles. The number of hydrogen-bond donors (Lipinski definition) is 1. The topological polar surface area (TPSA) is 39.7 Å². The molecule has 1 heterocycles. The fourth-order valence-corrected chi connectivity index (χ4v) is 1.78.